The van der Waals surface area contributed by atoms with Crippen LogP contribution in [-0.4, -0.2) is 24.5 Å². The molecule has 0 N–H and O–H groups in total. The predicted molar refractivity (Wildman–Crippen MR) is 70.2 cm³/mol. The van der Waals surface area contributed by atoms with Crippen molar-refractivity contribution < 1.29 is 0 Å². The van der Waals surface area contributed by atoms with E-state index in [1.807, 2.05) is 48.7 Å². The highest BCUT2D eigenvalue weighted by molar-refractivity contribution is 5.92. The van der Waals surface area contributed by atoms with Gasteiger partial charge in [0.25, 0.3) is 0 Å². The molecule has 0 aliphatic heterocycles. The molecule has 5 nitrogen and oxygen atoms in total. The minimum Gasteiger partial charge on any atom is -0.266 e. The Morgan fingerprint density at radius 3 is 2.50 bits per heavy atom. The van der Waals surface area contributed by atoms with Gasteiger partial charge in [0.1, 0.15) is 5.69 Å². The molecule has 0 unspecified atom stereocenters. The van der Waals surface area contributed by atoms with Gasteiger partial charge in [-0.05, 0) is 31.5 Å². The van der Waals surface area contributed by atoms with Crippen molar-refractivity contribution in [2.45, 2.75) is 13.8 Å². The summed E-state index contributed by atoms with van der Waals surface area (Å²) in [6, 6.07) is 4.06. The van der Waals surface area contributed by atoms with Gasteiger partial charge in [0, 0.05) is 20.3 Å². The van der Waals surface area contributed by atoms with E-state index in [1.54, 1.807) is 0 Å². The van der Waals surface area contributed by atoms with Crippen molar-refractivity contribution in [3.05, 3.63) is 29.6 Å². The van der Waals surface area contributed by atoms with Gasteiger partial charge in [-0.2, -0.15) is 10.2 Å². The highest BCUT2D eigenvalue weighted by Crippen LogP contribution is 2.28. The quantitative estimate of drug-likeness (QED) is 0.654. The normalized spacial score (nSPS) is 11.3. The first-order valence-electron chi connectivity index (χ1n) is 5.87. The molecule has 0 amide bonds. The summed E-state index contributed by atoms with van der Waals surface area (Å²) in [5.41, 5.74) is 5.05. The second-order valence-corrected chi connectivity index (χ2v) is 4.59. The summed E-state index contributed by atoms with van der Waals surface area (Å²) in [6.07, 6.45) is 1.82. The average Bonchev–Trinajstić information content (AvgIpc) is 2.81. The first-order valence-corrected chi connectivity index (χ1v) is 5.87. The lowest BCUT2D eigenvalue weighted by Crippen LogP contribution is -1.95. The Kier molecular flexibility index (Phi) is 2.23. The molecule has 5 heteroatoms. The molecule has 3 aromatic rings. The number of hydrogen-bond donors (Lipinski definition) is 0. The van der Waals surface area contributed by atoms with E-state index in [-0.39, 0.29) is 0 Å². The number of hydrogen-bond acceptors (Lipinski definition) is 3. The molecule has 0 bridgehead atoms. The summed E-state index contributed by atoms with van der Waals surface area (Å²) in [4.78, 5) is 4.40. The molecule has 3 heterocycles. The van der Waals surface area contributed by atoms with Crippen LogP contribution < -0.4 is 0 Å². The fraction of sp³-hybridized carbons (Fsp3) is 0.308. The van der Waals surface area contributed by atoms with Gasteiger partial charge in [-0.1, -0.05) is 0 Å². The smallest absolute Gasteiger partial charge is 0.158 e. The van der Waals surface area contributed by atoms with E-state index in [9.17, 15) is 0 Å². The Labute approximate surface area is 105 Å². The van der Waals surface area contributed by atoms with Crippen LogP contribution in [0.5, 0.6) is 0 Å². The van der Waals surface area contributed by atoms with E-state index < -0.39 is 0 Å². The van der Waals surface area contributed by atoms with Crippen molar-refractivity contribution in [3.63, 3.8) is 0 Å². The summed E-state index contributed by atoms with van der Waals surface area (Å²) in [6.45, 7) is 4.07. The summed E-state index contributed by atoms with van der Waals surface area (Å²) < 4.78 is 3.68. The second-order valence-electron chi connectivity index (χ2n) is 4.59. The largest absolute Gasteiger partial charge is 0.266 e. The van der Waals surface area contributed by atoms with Crippen LogP contribution in [-0.2, 0) is 14.1 Å². The zero-order valence-corrected chi connectivity index (χ0v) is 11.0. The van der Waals surface area contributed by atoms with Gasteiger partial charge in [0.2, 0.25) is 0 Å². The maximum Gasteiger partial charge on any atom is 0.158 e. The third-order valence-corrected chi connectivity index (χ3v) is 3.18. The Morgan fingerprint density at radius 1 is 1.06 bits per heavy atom. The molecule has 0 fully saturated rings. The molecule has 0 aromatic carbocycles. The topological polar surface area (TPSA) is 48.5 Å². The molecule has 0 aliphatic carbocycles. The van der Waals surface area contributed by atoms with Crippen LogP contribution in [0.3, 0.4) is 0 Å². The number of fused-ring (bicyclic) bond motifs is 1. The minimum atomic E-state index is 0.906. The van der Waals surface area contributed by atoms with Crippen LogP contribution >= 0.6 is 0 Å². The molecule has 3 aromatic heterocycles. The fourth-order valence-corrected chi connectivity index (χ4v) is 2.34. The molecular formula is C13H15N5. The Bertz CT molecular complexity index is 735. The van der Waals surface area contributed by atoms with Crippen molar-refractivity contribution in [3.8, 4) is 11.4 Å². The third-order valence-electron chi connectivity index (χ3n) is 3.18. The molecule has 0 atom stereocenters. The van der Waals surface area contributed by atoms with Crippen molar-refractivity contribution in [1.82, 2.24) is 24.5 Å². The van der Waals surface area contributed by atoms with Gasteiger partial charge in [0.15, 0.2) is 5.65 Å². The van der Waals surface area contributed by atoms with Crippen LogP contribution in [0.25, 0.3) is 22.4 Å². The molecule has 0 aliphatic rings. The number of aryl methyl sites for hydroxylation is 4. The Morgan fingerprint density at radius 2 is 1.83 bits per heavy atom. The number of pyridine rings is 1. The van der Waals surface area contributed by atoms with Crippen LogP contribution in [0.2, 0.25) is 0 Å². The number of nitrogens with zero attached hydrogens (tertiary/aromatic N) is 5. The van der Waals surface area contributed by atoms with Crippen molar-refractivity contribution >= 4 is 11.0 Å². The lowest BCUT2D eigenvalue weighted by Gasteiger charge is -2.00. The van der Waals surface area contributed by atoms with Crippen molar-refractivity contribution in [2.24, 2.45) is 14.1 Å². The standard InChI is InChI=1S/C13H15N5/c1-8-5-6-14-13-11(8)12(16-18(13)4)10-7-9(2)15-17(10)3/h5-7H,1-4H3. The van der Waals surface area contributed by atoms with Crippen LogP contribution in [0.4, 0.5) is 0 Å². The zero-order valence-electron chi connectivity index (χ0n) is 11.0. The molecular weight excluding hydrogens is 226 g/mol. The van der Waals surface area contributed by atoms with Crippen LogP contribution in [0, 0.1) is 13.8 Å². The van der Waals surface area contributed by atoms with E-state index in [2.05, 4.69) is 22.1 Å². The molecule has 0 saturated heterocycles. The fourth-order valence-electron chi connectivity index (χ4n) is 2.34. The molecule has 18 heavy (non-hydrogen) atoms. The van der Waals surface area contributed by atoms with Crippen LogP contribution in [0.1, 0.15) is 11.3 Å². The van der Waals surface area contributed by atoms with Crippen molar-refractivity contribution in [2.75, 3.05) is 0 Å². The molecule has 92 valence electrons. The van der Waals surface area contributed by atoms with E-state index in [0.717, 1.165) is 28.1 Å². The SMILES string of the molecule is Cc1cc(-c2nn(C)c3nccc(C)c23)n(C)n1. The molecule has 0 spiro atoms. The summed E-state index contributed by atoms with van der Waals surface area (Å²) in [5.74, 6) is 0. The lowest BCUT2D eigenvalue weighted by atomic mass is 10.1. The maximum atomic E-state index is 4.59. The van der Waals surface area contributed by atoms with Gasteiger partial charge in [-0.15, -0.1) is 0 Å². The molecule has 0 saturated carbocycles. The van der Waals surface area contributed by atoms with Gasteiger partial charge < -0.3 is 0 Å². The van der Waals surface area contributed by atoms with E-state index in [4.69, 9.17) is 0 Å². The second kappa shape index (κ2) is 3.66. The summed E-state index contributed by atoms with van der Waals surface area (Å²) >= 11 is 0. The van der Waals surface area contributed by atoms with E-state index in [0.29, 0.717) is 0 Å². The van der Waals surface area contributed by atoms with Gasteiger partial charge >= 0.3 is 0 Å². The average molecular weight is 241 g/mol. The van der Waals surface area contributed by atoms with Gasteiger partial charge in [-0.25, -0.2) is 9.67 Å². The Balaban J connectivity index is 2.40. The third kappa shape index (κ3) is 1.44. The first kappa shape index (κ1) is 11.0. The molecule has 0 radical (unpaired) electrons. The number of aromatic nitrogens is 5. The van der Waals surface area contributed by atoms with Gasteiger partial charge in [0.05, 0.1) is 16.8 Å². The summed E-state index contributed by atoms with van der Waals surface area (Å²) in [5, 5.41) is 10.1. The lowest BCUT2D eigenvalue weighted by molar-refractivity contribution is 0.750. The predicted octanol–water partition coefficient (Wildman–Crippen LogP) is 1.99. The highest BCUT2D eigenvalue weighted by Gasteiger charge is 2.16. The zero-order chi connectivity index (χ0) is 12.9. The van der Waals surface area contributed by atoms with E-state index >= 15 is 0 Å². The van der Waals surface area contributed by atoms with E-state index in [1.165, 1.54) is 5.56 Å². The monoisotopic (exact) mass is 241 g/mol. The van der Waals surface area contributed by atoms with Crippen molar-refractivity contribution in [1.29, 1.82) is 0 Å². The summed E-state index contributed by atoms with van der Waals surface area (Å²) in [7, 11) is 3.86. The highest BCUT2D eigenvalue weighted by atomic mass is 15.3. The van der Waals surface area contributed by atoms with Gasteiger partial charge in [-0.3, -0.25) is 4.68 Å². The first-order chi connectivity index (χ1) is 8.58. The number of rotatable bonds is 1. The minimum absolute atomic E-state index is 0.906. The van der Waals surface area contributed by atoms with Crippen LogP contribution in [0.15, 0.2) is 18.3 Å². The molecule has 3 rings (SSSR count). The Hall–Kier alpha value is -2.17. The maximum absolute atomic E-state index is 4.59.